The van der Waals surface area contributed by atoms with Gasteiger partial charge in [-0.1, -0.05) is 20.3 Å². The molecule has 12 heavy (non-hydrogen) atoms. The summed E-state index contributed by atoms with van der Waals surface area (Å²) >= 11 is 0. The average Bonchev–Trinajstić information content (AvgIpc) is 2.10. The van der Waals surface area contributed by atoms with Gasteiger partial charge in [0.15, 0.2) is 0 Å². The van der Waals surface area contributed by atoms with Crippen molar-refractivity contribution in [2.45, 2.75) is 33.1 Å². The third-order valence-corrected chi connectivity index (χ3v) is 1.36. The van der Waals surface area contributed by atoms with Crippen molar-refractivity contribution < 1.29 is 0 Å². The largest absolute Gasteiger partial charge is 0.296 e. The fraction of sp³-hybridized carbons (Fsp3) is 0.889. The molecule has 0 fully saturated rings. The van der Waals surface area contributed by atoms with Gasteiger partial charge in [0.1, 0.15) is 0 Å². The maximum atomic E-state index is 4.18. The molecule has 0 aliphatic heterocycles. The highest BCUT2D eigenvalue weighted by Gasteiger charge is 1.78. The van der Waals surface area contributed by atoms with E-state index in [-0.39, 0.29) is 0 Å². The Balaban J connectivity index is 3.12. The van der Waals surface area contributed by atoms with E-state index in [1.165, 1.54) is 12.8 Å². The Bertz CT molecular complexity index is 130. The lowest BCUT2D eigenvalue weighted by Gasteiger charge is -1.87. The van der Waals surface area contributed by atoms with E-state index in [1.54, 1.807) is 0 Å². The fourth-order valence-electron chi connectivity index (χ4n) is 0.663. The number of hydrogen-bond acceptors (Lipinski definition) is 3. The fourth-order valence-corrected chi connectivity index (χ4v) is 0.663. The number of azo groups is 1. The second-order valence-corrected chi connectivity index (χ2v) is 2.63. The molecule has 0 atom stereocenters. The first-order valence-electron chi connectivity index (χ1n) is 4.73. The van der Waals surface area contributed by atoms with Crippen LogP contribution in [0.4, 0.5) is 0 Å². The SMILES string of the molecule is CCCCN=CCN=NCCC. The third-order valence-electron chi connectivity index (χ3n) is 1.36. The number of unbranched alkanes of at least 4 members (excludes halogenated alkanes) is 1. The Morgan fingerprint density at radius 3 is 2.50 bits per heavy atom. The molecule has 0 bridgehead atoms. The summed E-state index contributed by atoms with van der Waals surface area (Å²) < 4.78 is 0. The first-order chi connectivity index (χ1) is 5.91. The van der Waals surface area contributed by atoms with Crippen molar-refractivity contribution in [2.24, 2.45) is 15.2 Å². The van der Waals surface area contributed by atoms with Crippen LogP contribution in [-0.2, 0) is 0 Å². The molecule has 0 spiro atoms. The number of rotatable bonds is 7. The summed E-state index contributed by atoms with van der Waals surface area (Å²) in [6, 6.07) is 0. The van der Waals surface area contributed by atoms with Crippen molar-refractivity contribution in [3.05, 3.63) is 0 Å². The monoisotopic (exact) mass is 169 g/mol. The predicted molar refractivity (Wildman–Crippen MR) is 53.1 cm³/mol. The van der Waals surface area contributed by atoms with Crippen molar-refractivity contribution in [1.29, 1.82) is 0 Å². The molecule has 0 N–H and O–H groups in total. The quantitative estimate of drug-likeness (QED) is 0.319. The molecule has 3 nitrogen and oxygen atoms in total. The standard InChI is InChI=1S/C9H19N3/c1-3-5-7-10-8-9-12-11-6-4-2/h8H,3-7,9H2,1-2H3. The zero-order chi connectivity index (χ0) is 9.07. The molecule has 0 saturated carbocycles. The van der Waals surface area contributed by atoms with E-state index in [9.17, 15) is 0 Å². The van der Waals surface area contributed by atoms with Gasteiger partial charge in [-0.3, -0.25) is 4.99 Å². The van der Waals surface area contributed by atoms with Crippen LogP contribution < -0.4 is 0 Å². The molecule has 0 aromatic rings. The molecule has 0 aromatic heterocycles. The number of hydrogen-bond donors (Lipinski definition) is 0. The van der Waals surface area contributed by atoms with Gasteiger partial charge < -0.3 is 0 Å². The van der Waals surface area contributed by atoms with Crippen LogP contribution in [0.25, 0.3) is 0 Å². The number of aliphatic imine (C=N–C) groups is 1. The first-order valence-corrected chi connectivity index (χ1v) is 4.73. The summed E-state index contributed by atoms with van der Waals surface area (Å²) in [5, 5.41) is 7.88. The van der Waals surface area contributed by atoms with E-state index in [0.717, 1.165) is 19.5 Å². The highest BCUT2D eigenvalue weighted by atomic mass is 15.1. The second-order valence-electron chi connectivity index (χ2n) is 2.63. The van der Waals surface area contributed by atoms with Gasteiger partial charge in [-0.2, -0.15) is 10.2 Å². The Kier molecular flexibility index (Phi) is 9.65. The zero-order valence-corrected chi connectivity index (χ0v) is 8.16. The highest BCUT2D eigenvalue weighted by Crippen LogP contribution is 1.85. The molecule has 0 amide bonds. The summed E-state index contributed by atoms with van der Waals surface area (Å²) in [6.45, 7) is 6.66. The Morgan fingerprint density at radius 2 is 1.83 bits per heavy atom. The topological polar surface area (TPSA) is 37.1 Å². The lowest BCUT2D eigenvalue weighted by molar-refractivity contribution is 0.807. The van der Waals surface area contributed by atoms with Crippen LogP contribution in [0.2, 0.25) is 0 Å². The molecule has 0 aliphatic carbocycles. The normalized spacial score (nSPS) is 11.8. The Labute approximate surface area is 75.0 Å². The van der Waals surface area contributed by atoms with Crippen LogP contribution in [0.1, 0.15) is 33.1 Å². The lowest BCUT2D eigenvalue weighted by atomic mass is 10.3. The highest BCUT2D eigenvalue weighted by molar-refractivity contribution is 5.59. The zero-order valence-electron chi connectivity index (χ0n) is 8.16. The summed E-state index contributed by atoms with van der Waals surface area (Å²) in [4.78, 5) is 4.18. The Morgan fingerprint density at radius 1 is 1.00 bits per heavy atom. The van der Waals surface area contributed by atoms with E-state index in [1.807, 2.05) is 6.21 Å². The van der Waals surface area contributed by atoms with Crippen LogP contribution in [0, 0.1) is 0 Å². The molecular formula is C9H19N3. The molecule has 0 unspecified atom stereocenters. The minimum Gasteiger partial charge on any atom is -0.296 e. The summed E-state index contributed by atoms with van der Waals surface area (Å²) in [6.07, 6.45) is 5.28. The van der Waals surface area contributed by atoms with Gasteiger partial charge in [-0.05, 0) is 12.8 Å². The van der Waals surface area contributed by atoms with Crippen LogP contribution >= 0.6 is 0 Å². The molecule has 0 aromatic carbocycles. The van der Waals surface area contributed by atoms with Gasteiger partial charge in [-0.25, -0.2) is 0 Å². The van der Waals surface area contributed by atoms with Gasteiger partial charge in [0.2, 0.25) is 0 Å². The van der Waals surface area contributed by atoms with Crippen LogP contribution in [0.5, 0.6) is 0 Å². The predicted octanol–water partition coefficient (Wildman–Crippen LogP) is 2.72. The molecule has 0 aliphatic rings. The van der Waals surface area contributed by atoms with Gasteiger partial charge in [-0.15, -0.1) is 0 Å². The van der Waals surface area contributed by atoms with Crippen molar-refractivity contribution in [3.8, 4) is 0 Å². The maximum Gasteiger partial charge on any atom is 0.0946 e. The van der Waals surface area contributed by atoms with Gasteiger partial charge in [0.05, 0.1) is 13.1 Å². The Hall–Kier alpha value is -0.730. The molecule has 0 radical (unpaired) electrons. The van der Waals surface area contributed by atoms with Crippen LogP contribution in [0.15, 0.2) is 15.2 Å². The van der Waals surface area contributed by atoms with Crippen molar-refractivity contribution >= 4 is 6.21 Å². The molecule has 0 saturated heterocycles. The van der Waals surface area contributed by atoms with E-state index in [2.05, 4.69) is 29.1 Å². The van der Waals surface area contributed by atoms with Crippen molar-refractivity contribution in [3.63, 3.8) is 0 Å². The molecule has 0 rings (SSSR count). The minimum atomic E-state index is 0.643. The van der Waals surface area contributed by atoms with Crippen molar-refractivity contribution in [2.75, 3.05) is 19.6 Å². The first kappa shape index (κ1) is 11.3. The van der Waals surface area contributed by atoms with Crippen LogP contribution in [0.3, 0.4) is 0 Å². The summed E-state index contributed by atoms with van der Waals surface area (Å²) in [5.41, 5.74) is 0. The smallest absolute Gasteiger partial charge is 0.0946 e. The molecule has 70 valence electrons. The van der Waals surface area contributed by atoms with Gasteiger partial charge in [0, 0.05) is 12.8 Å². The van der Waals surface area contributed by atoms with Gasteiger partial charge >= 0.3 is 0 Å². The van der Waals surface area contributed by atoms with E-state index in [0.29, 0.717) is 6.54 Å². The van der Waals surface area contributed by atoms with Crippen molar-refractivity contribution in [1.82, 2.24) is 0 Å². The van der Waals surface area contributed by atoms with E-state index < -0.39 is 0 Å². The summed E-state index contributed by atoms with van der Waals surface area (Å²) in [7, 11) is 0. The van der Waals surface area contributed by atoms with E-state index >= 15 is 0 Å². The number of nitrogens with zero attached hydrogens (tertiary/aromatic N) is 3. The minimum absolute atomic E-state index is 0.643. The maximum absolute atomic E-state index is 4.18. The summed E-state index contributed by atoms with van der Waals surface area (Å²) in [5.74, 6) is 0. The third kappa shape index (κ3) is 9.27. The van der Waals surface area contributed by atoms with Gasteiger partial charge in [0.25, 0.3) is 0 Å². The van der Waals surface area contributed by atoms with Crippen LogP contribution in [-0.4, -0.2) is 25.8 Å². The molecular weight excluding hydrogens is 150 g/mol. The average molecular weight is 169 g/mol. The molecule has 0 heterocycles. The second kappa shape index (κ2) is 10.3. The molecule has 3 heteroatoms. The van der Waals surface area contributed by atoms with E-state index in [4.69, 9.17) is 0 Å². The lowest BCUT2D eigenvalue weighted by Crippen LogP contribution is -1.85.